The van der Waals surface area contributed by atoms with Gasteiger partial charge in [0.25, 0.3) is 0 Å². The minimum absolute atomic E-state index is 0.118. The Hall–Kier alpha value is -1.52. The van der Waals surface area contributed by atoms with Gasteiger partial charge in [-0.2, -0.15) is 0 Å². The van der Waals surface area contributed by atoms with Crippen molar-refractivity contribution in [2.45, 2.75) is 96.8 Å². The van der Waals surface area contributed by atoms with Crippen LogP contribution >= 0.6 is 0 Å². The molecule has 0 unspecified atom stereocenters. The van der Waals surface area contributed by atoms with Gasteiger partial charge in [-0.3, -0.25) is 4.79 Å². The molecule has 5 nitrogen and oxygen atoms in total. The molecule has 0 heterocycles. The van der Waals surface area contributed by atoms with Crippen molar-refractivity contribution in [2.75, 3.05) is 0 Å². The number of guanidine groups is 1. The summed E-state index contributed by atoms with van der Waals surface area (Å²) in [6, 6.07) is 0. The van der Waals surface area contributed by atoms with E-state index in [1.807, 2.05) is 0 Å². The van der Waals surface area contributed by atoms with Crippen LogP contribution in [0.5, 0.6) is 0 Å². The Balaban J connectivity index is 3.23. The predicted octanol–water partition coefficient (Wildman–Crippen LogP) is 4.33. The van der Waals surface area contributed by atoms with Crippen LogP contribution < -0.4 is 16.9 Å². The first-order valence-electron chi connectivity index (χ1n) is 9.69. The van der Waals surface area contributed by atoms with Gasteiger partial charge in [0, 0.05) is 6.42 Å². The fraction of sp³-hybridized carbons (Fsp3) is 0.789. The van der Waals surface area contributed by atoms with Gasteiger partial charge in [-0.1, -0.05) is 70.4 Å². The molecule has 140 valence electrons. The van der Waals surface area contributed by atoms with Crippen LogP contribution in [-0.2, 0) is 4.79 Å². The van der Waals surface area contributed by atoms with Crippen molar-refractivity contribution in [3.8, 4) is 0 Å². The molecule has 0 radical (unpaired) electrons. The van der Waals surface area contributed by atoms with Crippen LogP contribution in [-0.4, -0.2) is 11.9 Å². The molecular formula is C19H38N4O. The Morgan fingerprint density at radius 3 is 1.88 bits per heavy atom. The van der Waals surface area contributed by atoms with Crippen molar-refractivity contribution in [2.24, 2.45) is 16.6 Å². The second-order valence-electron chi connectivity index (χ2n) is 6.41. The topological polar surface area (TPSA) is 93.5 Å². The van der Waals surface area contributed by atoms with E-state index in [2.05, 4.69) is 29.6 Å². The zero-order chi connectivity index (χ0) is 17.9. The molecule has 0 atom stereocenters. The summed E-state index contributed by atoms with van der Waals surface area (Å²) in [7, 11) is 0. The number of rotatable bonds is 16. The Labute approximate surface area is 148 Å². The van der Waals surface area contributed by atoms with Gasteiger partial charge in [0.05, 0.1) is 0 Å². The van der Waals surface area contributed by atoms with Crippen LogP contribution in [0.15, 0.2) is 17.3 Å². The highest BCUT2D eigenvalue weighted by molar-refractivity contribution is 5.80. The largest absolute Gasteiger partial charge is 0.369 e. The van der Waals surface area contributed by atoms with E-state index in [9.17, 15) is 4.79 Å². The third kappa shape index (κ3) is 18.5. The second-order valence-corrected chi connectivity index (χ2v) is 6.41. The number of allylic oxidation sites excluding steroid dienone is 2. The molecule has 0 bridgehead atoms. The summed E-state index contributed by atoms with van der Waals surface area (Å²) in [5, 5.41) is 3.48. The third-order valence-corrected chi connectivity index (χ3v) is 3.98. The van der Waals surface area contributed by atoms with Crippen LogP contribution in [0, 0.1) is 0 Å². The number of hydrazone groups is 1. The number of amides is 1. The maximum atomic E-state index is 11.3. The van der Waals surface area contributed by atoms with Crippen molar-refractivity contribution in [1.82, 2.24) is 5.43 Å². The highest BCUT2D eigenvalue weighted by Crippen LogP contribution is 2.09. The lowest BCUT2D eigenvalue weighted by Gasteiger charge is -2.01. The van der Waals surface area contributed by atoms with E-state index in [0.717, 1.165) is 12.8 Å². The molecule has 5 heteroatoms. The average molecular weight is 339 g/mol. The first kappa shape index (κ1) is 22.5. The number of nitrogens with zero attached hydrogens (tertiary/aromatic N) is 1. The Kier molecular flexibility index (Phi) is 16.7. The molecule has 0 aliphatic rings. The third-order valence-electron chi connectivity index (χ3n) is 3.98. The highest BCUT2D eigenvalue weighted by Gasteiger charge is 1.99. The molecule has 0 saturated heterocycles. The number of nitrogens with two attached hydrogens (primary N) is 2. The Bertz CT molecular complexity index is 349. The molecule has 0 fully saturated rings. The highest BCUT2D eigenvalue weighted by atomic mass is 16.2. The number of carbonyl (C=O) groups excluding carboxylic acids is 1. The molecule has 0 spiro atoms. The van der Waals surface area contributed by atoms with Crippen LogP contribution in [0.25, 0.3) is 0 Å². The van der Waals surface area contributed by atoms with Gasteiger partial charge in [-0.05, 0) is 32.1 Å². The summed E-state index contributed by atoms with van der Waals surface area (Å²) >= 11 is 0. The van der Waals surface area contributed by atoms with Crippen LogP contribution in [0.4, 0.5) is 0 Å². The number of unbranched alkanes of at least 4 members (excludes halogenated alkanes) is 11. The first-order valence-corrected chi connectivity index (χ1v) is 9.69. The normalized spacial score (nSPS) is 10.9. The fourth-order valence-corrected chi connectivity index (χ4v) is 2.54. The second kappa shape index (κ2) is 17.8. The molecule has 0 aromatic rings. The monoisotopic (exact) mass is 338 g/mol. The van der Waals surface area contributed by atoms with Crippen molar-refractivity contribution >= 4 is 11.9 Å². The number of hydrogen-bond donors (Lipinski definition) is 3. The van der Waals surface area contributed by atoms with Crippen molar-refractivity contribution in [1.29, 1.82) is 0 Å². The zero-order valence-corrected chi connectivity index (χ0v) is 15.6. The van der Waals surface area contributed by atoms with Crippen LogP contribution in [0.3, 0.4) is 0 Å². The average Bonchev–Trinajstić information content (AvgIpc) is 2.56. The lowest BCUT2D eigenvalue weighted by atomic mass is 10.1. The van der Waals surface area contributed by atoms with E-state index in [-0.39, 0.29) is 11.9 Å². The number of carbonyl (C=O) groups is 1. The summed E-state index contributed by atoms with van der Waals surface area (Å²) in [6.45, 7) is 2.26. The van der Waals surface area contributed by atoms with Gasteiger partial charge in [0.15, 0.2) is 0 Å². The van der Waals surface area contributed by atoms with E-state index in [0.29, 0.717) is 6.42 Å². The molecule has 0 aliphatic heterocycles. The van der Waals surface area contributed by atoms with Crippen molar-refractivity contribution in [3.05, 3.63) is 12.2 Å². The maximum absolute atomic E-state index is 11.3. The minimum atomic E-state index is -0.124. The molecule has 0 aromatic carbocycles. The van der Waals surface area contributed by atoms with Gasteiger partial charge in [-0.25, -0.2) is 5.43 Å². The van der Waals surface area contributed by atoms with Gasteiger partial charge >= 0.3 is 0 Å². The van der Waals surface area contributed by atoms with Gasteiger partial charge in [0.1, 0.15) is 0 Å². The van der Waals surface area contributed by atoms with Crippen LogP contribution in [0.2, 0.25) is 0 Å². The molecule has 0 aliphatic carbocycles. The quantitative estimate of drug-likeness (QED) is 0.128. The SMILES string of the molecule is CCCCCCCC/C=C\CCCCCCCC(=O)NN=C(N)N. The van der Waals surface area contributed by atoms with E-state index < -0.39 is 0 Å². The predicted molar refractivity (Wildman–Crippen MR) is 103 cm³/mol. The van der Waals surface area contributed by atoms with E-state index in [1.54, 1.807) is 0 Å². The summed E-state index contributed by atoms with van der Waals surface area (Å²) < 4.78 is 0. The lowest BCUT2D eigenvalue weighted by Crippen LogP contribution is -2.28. The Morgan fingerprint density at radius 2 is 1.33 bits per heavy atom. The molecule has 0 aromatic heterocycles. The van der Waals surface area contributed by atoms with E-state index in [1.165, 1.54) is 70.6 Å². The molecule has 0 saturated carbocycles. The number of nitrogens with one attached hydrogen (secondary N) is 1. The molecule has 0 rings (SSSR count). The Morgan fingerprint density at radius 1 is 0.833 bits per heavy atom. The zero-order valence-electron chi connectivity index (χ0n) is 15.6. The van der Waals surface area contributed by atoms with Crippen molar-refractivity contribution in [3.63, 3.8) is 0 Å². The maximum Gasteiger partial charge on any atom is 0.240 e. The minimum Gasteiger partial charge on any atom is -0.369 e. The van der Waals surface area contributed by atoms with Crippen molar-refractivity contribution < 1.29 is 4.79 Å². The molecule has 5 N–H and O–H groups in total. The summed E-state index contributed by atoms with van der Waals surface area (Å²) in [6.07, 6.45) is 21.4. The van der Waals surface area contributed by atoms with Gasteiger partial charge in [-0.15, -0.1) is 5.10 Å². The number of hydrogen-bond acceptors (Lipinski definition) is 2. The summed E-state index contributed by atoms with van der Waals surface area (Å²) in [5.74, 6) is -0.242. The molecular weight excluding hydrogens is 300 g/mol. The standard InChI is InChI=1S/C19H38N4O/c1-2-3-4-5-6-7-8-9-10-11-12-13-14-15-16-17-18(24)22-23-19(20)21/h9-10H,2-8,11-17H2,1H3,(H,22,24)(H4,20,21,23)/b10-9-. The van der Waals surface area contributed by atoms with E-state index in [4.69, 9.17) is 11.5 Å². The van der Waals surface area contributed by atoms with Gasteiger partial charge in [0.2, 0.25) is 11.9 Å². The van der Waals surface area contributed by atoms with E-state index >= 15 is 0 Å². The lowest BCUT2D eigenvalue weighted by molar-refractivity contribution is -0.121. The summed E-state index contributed by atoms with van der Waals surface area (Å²) in [5.41, 5.74) is 12.6. The van der Waals surface area contributed by atoms with Crippen LogP contribution in [0.1, 0.15) is 96.8 Å². The molecule has 1 amide bonds. The molecule has 24 heavy (non-hydrogen) atoms. The fourth-order valence-electron chi connectivity index (χ4n) is 2.54. The summed E-state index contributed by atoms with van der Waals surface area (Å²) in [4.78, 5) is 11.3. The first-order chi connectivity index (χ1) is 11.7. The van der Waals surface area contributed by atoms with Gasteiger partial charge < -0.3 is 11.5 Å². The smallest absolute Gasteiger partial charge is 0.240 e.